The molecule has 84 valence electrons. The molecule has 0 radical (unpaired) electrons. The molecule has 0 bridgehead atoms. The van der Waals surface area contributed by atoms with Gasteiger partial charge in [0.1, 0.15) is 0 Å². The lowest BCUT2D eigenvalue weighted by molar-refractivity contribution is 0.561. The highest BCUT2D eigenvalue weighted by atomic mass is 35.5. The lowest BCUT2D eigenvalue weighted by atomic mass is 10.0. The molecule has 2 rings (SSSR count). The molecule has 1 heterocycles. The summed E-state index contributed by atoms with van der Waals surface area (Å²) in [5.41, 5.74) is 7.89. The lowest BCUT2D eigenvalue weighted by Crippen LogP contribution is -2.14. The molecule has 0 aliphatic rings. The zero-order valence-electron chi connectivity index (χ0n) is 8.49. The fraction of sp³-hybridized carbons (Fsp3) is 0.167. The van der Waals surface area contributed by atoms with Crippen LogP contribution in [0.15, 0.2) is 41.2 Å². The maximum absolute atomic E-state index is 6.08. The van der Waals surface area contributed by atoms with Crippen LogP contribution in [0, 0.1) is 0 Å². The minimum Gasteiger partial charge on any atom is -0.472 e. The van der Waals surface area contributed by atoms with Crippen molar-refractivity contribution in [3.8, 4) is 0 Å². The van der Waals surface area contributed by atoms with Gasteiger partial charge in [0.25, 0.3) is 0 Å². The Morgan fingerprint density at radius 2 is 1.88 bits per heavy atom. The van der Waals surface area contributed by atoms with Crippen LogP contribution in [0.1, 0.15) is 17.2 Å². The van der Waals surface area contributed by atoms with Gasteiger partial charge in [0.2, 0.25) is 0 Å². The molecule has 1 unspecified atom stereocenters. The first-order chi connectivity index (χ1) is 7.68. The van der Waals surface area contributed by atoms with E-state index in [1.807, 2.05) is 6.07 Å². The van der Waals surface area contributed by atoms with Crippen molar-refractivity contribution in [1.29, 1.82) is 0 Å². The predicted molar refractivity (Wildman–Crippen MR) is 65.8 cm³/mol. The van der Waals surface area contributed by atoms with E-state index < -0.39 is 0 Å². The third kappa shape index (κ3) is 2.40. The van der Waals surface area contributed by atoms with E-state index in [9.17, 15) is 0 Å². The van der Waals surface area contributed by atoms with Gasteiger partial charge < -0.3 is 10.2 Å². The number of hydrogen-bond acceptors (Lipinski definition) is 2. The summed E-state index contributed by atoms with van der Waals surface area (Å²) in [5.74, 6) is 0. The Labute approximate surface area is 104 Å². The van der Waals surface area contributed by atoms with E-state index in [4.69, 9.17) is 33.4 Å². The normalized spacial score (nSPS) is 12.7. The molecule has 2 nitrogen and oxygen atoms in total. The molecule has 0 saturated carbocycles. The van der Waals surface area contributed by atoms with E-state index in [0.29, 0.717) is 16.5 Å². The van der Waals surface area contributed by atoms with Gasteiger partial charge in [0, 0.05) is 21.7 Å². The first-order valence-corrected chi connectivity index (χ1v) is 5.64. The summed E-state index contributed by atoms with van der Waals surface area (Å²) >= 11 is 12.2. The number of hydrogen-bond donors (Lipinski definition) is 1. The molecule has 0 aliphatic heterocycles. The Morgan fingerprint density at radius 1 is 1.19 bits per heavy atom. The molecular formula is C12H11Cl2NO. The first kappa shape index (κ1) is 11.5. The average Bonchev–Trinajstić information content (AvgIpc) is 2.70. The fourth-order valence-corrected chi connectivity index (χ4v) is 2.31. The number of furan rings is 1. The fourth-order valence-electron chi connectivity index (χ4n) is 1.63. The van der Waals surface area contributed by atoms with Crippen molar-refractivity contribution in [3.05, 3.63) is 58.0 Å². The standard InChI is InChI=1S/C12H11Cl2NO/c13-9-2-1-3-10(14)12(9)11(15)6-8-4-5-16-7-8/h1-5,7,11H,6,15H2. The highest BCUT2D eigenvalue weighted by molar-refractivity contribution is 6.36. The maximum atomic E-state index is 6.08. The summed E-state index contributed by atoms with van der Waals surface area (Å²) in [6, 6.07) is 7.04. The van der Waals surface area contributed by atoms with Crippen LogP contribution >= 0.6 is 23.2 Å². The highest BCUT2D eigenvalue weighted by Gasteiger charge is 2.14. The molecule has 1 aromatic heterocycles. The van der Waals surface area contributed by atoms with E-state index in [2.05, 4.69) is 0 Å². The number of benzene rings is 1. The summed E-state index contributed by atoms with van der Waals surface area (Å²) < 4.78 is 4.99. The van der Waals surface area contributed by atoms with Crippen molar-refractivity contribution in [2.45, 2.75) is 12.5 Å². The summed E-state index contributed by atoms with van der Waals surface area (Å²) in [7, 11) is 0. The van der Waals surface area contributed by atoms with Crippen molar-refractivity contribution < 1.29 is 4.42 Å². The van der Waals surface area contributed by atoms with Crippen LogP contribution in [0.5, 0.6) is 0 Å². The SMILES string of the molecule is NC(Cc1ccoc1)c1c(Cl)cccc1Cl. The lowest BCUT2D eigenvalue weighted by Gasteiger charge is -2.14. The smallest absolute Gasteiger partial charge is 0.0935 e. The summed E-state index contributed by atoms with van der Waals surface area (Å²) in [6.07, 6.45) is 3.95. The maximum Gasteiger partial charge on any atom is 0.0935 e. The molecule has 16 heavy (non-hydrogen) atoms. The van der Waals surface area contributed by atoms with Crippen LogP contribution in [0.25, 0.3) is 0 Å². The Hall–Kier alpha value is -0.960. The first-order valence-electron chi connectivity index (χ1n) is 4.89. The topological polar surface area (TPSA) is 39.2 Å². The molecule has 0 amide bonds. The van der Waals surface area contributed by atoms with Crippen LogP contribution in [0.3, 0.4) is 0 Å². The number of halogens is 2. The molecule has 4 heteroatoms. The van der Waals surface area contributed by atoms with Crippen LogP contribution in [-0.2, 0) is 6.42 Å². The van der Waals surface area contributed by atoms with E-state index >= 15 is 0 Å². The zero-order chi connectivity index (χ0) is 11.5. The Morgan fingerprint density at radius 3 is 2.44 bits per heavy atom. The van der Waals surface area contributed by atoms with Gasteiger partial charge in [-0.3, -0.25) is 0 Å². The Balaban J connectivity index is 2.24. The van der Waals surface area contributed by atoms with Crippen molar-refractivity contribution in [3.63, 3.8) is 0 Å². The van der Waals surface area contributed by atoms with E-state index in [1.54, 1.807) is 30.7 Å². The average molecular weight is 256 g/mol. The van der Waals surface area contributed by atoms with Gasteiger partial charge in [-0.25, -0.2) is 0 Å². The molecule has 1 aromatic carbocycles. The van der Waals surface area contributed by atoms with Crippen LogP contribution < -0.4 is 5.73 Å². The van der Waals surface area contributed by atoms with Crippen LogP contribution in [0.2, 0.25) is 10.0 Å². The minimum atomic E-state index is -0.223. The summed E-state index contributed by atoms with van der Waals surface area (Å²) in [4.78, 5) is 0. The molecule has 0 fully saturated rings. The molecule has 0 aliphatic carbocycles. The van der Waals surface area contributed by atoms with Crippen LogP contribution in [-0.4, -0.2) is 0 Å². The molecule has 2 N–H and O–H groups in total. The molecule has 0 spiro atoms. The van der Waals surface area contributed by atoms with Gasteiger partial charge in [0.05, 0.1) is 12.5 Å². The highest BCUT2D eigenvalue weighted by Crippen LogP contribution is 2.30. The second kappa shape index (κ2) is 4.91. The van der Waals surface area contributed by atoms with Gasteiger partial charge in [-0.15, -0.1) is 0 Å². The van der Waals surface area contributed by atoms with Crippen molar-refractivity contribution in [1.82, 2.24) is 0 Å². The summed E-state index contributed by atoms with van der Waals surface area (Å²) in [6.45, 7) is 0. The van der Waals surface area contributed by atoms with Gasteiger partial charge in [-0.2, -0.15) is 0 Å². The monoisotopic (exact) mass is 255 g/mol. The summed E-state index contributed by atoms with van der Waals surface area (Å²) in [5, 5.41) is 1.20. The van der Waals surface area contributed by atoms with Crippen molar-refractivity contribution in [2.24, 2.45) is 5.73 Å². The van der Waals surface area contributed by atoms with Crippen molar-refractivity contribution >= 4 is 23.2 Å². The van der Waals surface area contributed by atoms with E-state index in [0.717, 1.165) is 11.1 Å². The minimum absolute atomic E-state index is 0.223. The Kier molecular flexibility index (Phi) is 3.54. The Bertz CT molecular complexity index is 448. The number of rotatable bonds is 3. The second-order valence-corrected chi connectivity index (χ2v) is 4.39. The van der Waals surface area contributed by atoms with Gasteiger partial charge >= 0.3 is 0 Å². The van der Waals surface area contributed by atoms with Crippen molar-refractivity contribution in [2.75, 3.05) is 0 Å². The van der Waals surface area contributed by atoms with E-state index in [1.165, 1.54) is 0 Å². The third-order valence-electron chi connectivity index (χ3n) is 2.41. The number of nitrogens with two attached hydrogens (primary N) is 1. The molecule has 2 aromatic rings. The second-order valence-electron chi connectivity index (χ2n) is 3.58. The molecule has 0 saturated heterocycles. The third-order valence-corrected chi connectivity index (χ3v) is 3.07. The quantitative estimate of drug-likeness (QED) is 0.906. The molecule has 1 atom stereocenters. The molecular weight excluding hydrogens is 245 g/mol. The van der Waals surface area contributed by atoms with Gasteiger partial charge in [-0.05, 0) is 30.2 Å². The van der Waals surface area contributed by atoms with Crippen LogP contribution in [0.4, 0.5) is 0 Å². The van der Waals surface area contributed by atoms with Gasteiger partial charge in [0.15, 0.2) is 0 Å². The van der Waals surface area contributed by atoms with Gasteiger partial charge in [-0.1, -0.05) is 29.3 Å². The van der Waals surface area contributed by atoms with E-state index in [-0.39, 0.29) is 6.04 Å². The predicted octanol–water partition coefficient (Wildman–Crippen LogP) is 3.83. The largest absolute Gasteiger partial charge is 0.472 e. The zero-order valence-corrected chi connectivity index (χ0v) is 10.0.